The molecule has 0 aliphatic carbocycles. The monoisotopic (exact) mass is 391 g/mol. The van der Waals surface area contributed by atoms with Gasteiger partial charge in [-0.2, -0.15) is 0 Å². The van der Waals surface area contributed by atoms with Crippen molar-refractivity contribution in [1.29, 1.82) is 0 Å². The summed E-state index contributed by atoms with van der Waals surface area (Å²) in [6, 6.07) is 15.9. The van der Waals surface area contributed by atoms with Crippen molar-refractivity contribution in [1.82, 2.24) is 9.88 Å². The molecule has 6 nitrogen and oxygen atoms in total. The molecule has 1 amide bonds. The van der Waals surface area contributed by atoms with E-state index in [-0.39, 0.29) is 30.3 Å². The molecule has 0 fully saturated rings. The minimum Gasteiger partial charge on any atom is -0.497 e. The van der Waals surface area contributed by atoms with Gasteiger partial charge in [-0.25, -0.2) is 0 Å². The lowest BCUT2D eigenvalue weighted by atomic mass is 10.1. The topological polar surface area (TPSA) is 103 Å². The van der Waals surface area contributed by atoms with Gasteiger partial charge >= 0.3 is 0 Å². The van der Waals surface area contributed by atoms with E-state index in [1.807, 2.05) is 47.5 Å². The van der Waals surface area contributed by atoms with Gasteiger partial charge in [0.05, 0.1) is 13.7 Å². The smallest absolute Gasteiger partial charge is 0.236 e. The molecule has 2 aromatic carbocycles. The third-order valence-electron chi connectivity index (χ3n) is 4.39. The van der Waals surface area contributed by atoms with Crippen LogP contribution < -0.4 is 10.5 Å². The van der Waals surface area contributed by atoms with E-state index in [0.29, 0.717) is 13.1 Å². The van der Waals surface area contributed by atoms with Gasteiger partial charge in [-0.1, -0.05) is 30.3 Å². The molecule has 7 heteroatoms. The second-order valence-electron chi connectivity index (χ2n) is 5.98. The van der Waals surface area contributed by atoms with E-state index in [1.165, 1.54) is 10.9 Å². The number of hydrogen-bond acceptors (Lipinski definition) is 3. The number of aromatic nitrogens is 1. The number of carbonyl (C=O) groups excluding carboxylic acids is 1. The molecule has 0 saturated carbocycles. The van der Waals surface area contributed by atoms with Gasteiger partial charge < -0.3 is 25.8 Å². The summed E-state index contributed by atoms with van der Waals surface area (Å²) in [5, 5.41) is 1.20. The second kappa shape index (κ2) is 10.6. The number of benzene rings is 2. The molecular formula is C20H26ClN3O3. The van der Waals surface area contributed by atoms with Crippen molar-refractivity contribution < 1.29 is 15.0 Å². The summed E-state index contributed by atoms with van der Waals surface area (Å²) in [6.07, 6.45) is 2.80. The fourth-order valence-electron chi connectivity index (χ4n) is 2.97. The maximum atomic E-state index is 12.2. The van der Waals surface area contributed by atoms with Crippen LogP contribution in [0.5, 0.6) is 5.75 Å². The zero-order valence-corrected chi connectivity index (χ0v) is 16.1. The highest BCUT2D eigenvalue weighted by Gasteiger charge is 2.14. The van der Waals surface area contributed by atoms with Crippen molar-refractivity contribution in [2.75, 3.05) is 20.2 Å². The van der Waals surface area contributed by atoms with Gasteiger partial charge in [-0.05, 0) is 35.7 Å². The van der Waals surface area contributed by atoms with Crippen LogP contribution >= 0.6 is 12.4 Å². The Kier molecular flexibility index (Phi) is 8.81. The van der Waals surface area contributed by atoms with E-state index >= 15 is 0 Å². The van der Waals surface area contributed by atoms with Crippen molar-refractivity contribution in [2.45, 2.75) is 13.0 Å². The van der Waals surface area contributed by atoms with E-state index < -0.39 is 0 Å². The van der Waals surface area contributed by atoms with E-state index in [9.17, 15) is 4.79 Å². The molecule has 3 aromatic rings. The Labute approximate surface area is 165 Å². The molecule has 0 radical (unpaired) electrons. The normalized spacial score (nSPS) is 10.0. The number of ether oxygens (including phenoxy) is 1. The number of para-hydroxylation sites is 1. The lowest BCUT2D eigenvalue weighted by Crippen LogP contribution is -2.36. The third kappa shape index (κ3) is 5.47. The number of H-pyrrole nitrogens is 1. The van der Waals surface area contributed by atoms with E-state index in [2.05, 4.69) is 17.1 Å². The Balaban J connectivity index is 0.00000182. The maximum Gasteiger partial charge on any atom is 0.236 e. The summed E-state index contributed by atoms with van der Waals surface area (Å²) in [5.41, 5.74) is 8.97. The molecule has 0 aliphatic rings. The molecule has 146 valence electrons. The Morgan fingerprint density at radius 1 is 1.15 bits per heavy atom. The molecule has 27 heavy (non-hydrogen) atoms. The van der Waals surface area contributed by atoms with Crippen LogP contribution in [-0.4, -0.2) is 41.5 Å². The first-order chi connectivity index (χ1) is 12.2. The highest BCUT2D eigenvalue weighted by Crippen LogP contribution is 2.19. The Morgan fingerprint density at radius 2 is 1.85 bits per heavy atom. The minimum absolute atomic E-state index is 0. The summed E-state index contributed by atoms with van der Waals surface area (Å²) in [7, 11) is 1.64. The predicted octanol–water partition coefficient (Wildman–Crippen LogP) is 2.30. The van der Waals surface area contributed by atoms with Crippen molar-refractivity contribution in [3.63, 3.8) is 0 Å². The molecular weight excluding hydrogens is 366 g/mol. The first-order valence-corrected chi connectivity index (χ1v) is 8.37. The molecule has 0 saturated heterocycles. The summed E-state index contributed by atoms with van der Waals surface area (Å²) in [4.78, 5) is 17.3. The SMILES string of the molecule is COc1ccc(CN(CCc2c[nH]c3ccccc23)C(=O)CN)cc1.Cl.O. The lowest BCUT2D eigenvalue weighted by molar-refractivity contribution is -0.130. The fourth-order valence-corrected chi connectivity index (χ4v) is 2.97. The number of halogens is 1. The molecule has 0 aliphatic heterocycles. The molecule has 3 rings (SSSR count). The van der Waals surface area contributed by atoms with Crippen LogP contribution in [-0.2, 0) is 17.8 Å². The van der Waals surface area contributed by atoms with Crippen LogP contribution in [0, 0.1) is 0 Å². The average Bonchev–Trinajstić information content (AvgIpc) is 3.08. The molecule has 0 spiro atoms. The van der Waals surface area contributed by atoms with Crippen molar-refractivity contribution in [2.24, 2.45) is 5.73 Å². The number of nitrogens with two attached hydrogens (primary N) is 1. The zero-order chi connectivity index (χ0) is 17.6. The van der Waals surface area contributed by atoms with Crippen LogP contribution in [0.3, 0.4) is 0 Å². The van der Waals surface area contributed by atoms with Gasteiger partial charge in [0, 0.05) is 30.2 Å². The van der Waals surface area contributed by atoms with Crippen molar-refractivity contribution in [3.8, 4) is 5.75 Å². The first kappa shape index (κ1) is 22.5. The Hall–Kier alpha value is -2.54. The molecule has 1 heterocycles. The molecule has 0 atom stereocenters. The first-order valence-electron chi connectivity index (χ1n) is 8.37. The fraction of sp³-hybridized carbons (Fsp3) is 0.250. The number of hydrogen-bond donors (Lipinski definition) is 2. The highest BCUT2D eigenvalue weighted by atomic mass is 35.5. The van der Waals surface area contributed by atoms with Crippen LogP contribution in [0.1, 0.15) is 11.1 Å². The average molecular weight is 392 g/mol. The Bertz CT molecular complexity index is 849. The van der Waals surface area contributed by atoms with Crippen molar-refractivity contribution in [3.05, 3.63) is 65.9 Å². The number of nitrogens with one attached hydrogen (secondary N) is 1. The number of aromatic amines is 1. The number of rotatable bonds is 7. The third-order valence-corrected chi connectivity index (χ3v) is 4.39. The van der Waals surface area contributed by atoms with E-state index in [1.54, 1.807) is 7.11 Å². The van der Waals surface area contributed by atoms with Gasteiger partial charge in [-0.15, -0.1) is 12.4 Å². The van der Waals surface area contributed by atoms with Gasteiger partial charge in [0.1, 0.15) is 5.75 Å². The molecule has 5 N–H and O–H groups in total. The van der Waals surface area contributed by atoms with Gasteiger partial charge in [-0.3, -0.25) is 4.79 Å². The van der Waals surface area contributed by atoms with E-state index in [0.717, 1.165) is 23.3 Å². The predicted molar refractivity (Wildman–Crippen MR) is 110 cm³/mol. The molecule has 0 bridgehead atoms. The van der Waals surface area contributed by atoms with Crippen LogP contribution in [0.2, 0.25) is 0 Å². The second-order valence-corrected chi connectivity index (χ2v) is 5.98. The van der Waals surface area contributed by atoms with E-state index in [4.69, 9.17) is 10.5 Å². The van der Waals surface area contributed by atoms with Gasteiger partial charge in [0.2, 0.25) is 5.91 Å². The highest BCUT2D eigenvalue weighted by molar-refractivity contribution is 5.85. The van der Waals surface area contributed by atoms with Crippen LogP contribution in [0.15, 0.2) is 54.7 Å². The summed E-state index contributed by atoms with van der Waals surface area (Å²) in [6.45, 7) is 1.19. The van der Waals surface area contributed by atoms with Crippen molar-refractivity contribution >= 4 is 29.2 Å². The number of fused-ring (bicyclic) bond motifs is 1. The van der Waals surface area contributed by atoms with Crippen LogP contribution in [0.4, 0.5) is 0 Å². The minimum atomic E-state index is -0.0457. The summed E-state index contributed by atoms with van der Waals surface area (Å²) in [5.74, 6) is 0.759. The molecule has 0 unspecified atom stereocenters. The number of nitrogens with zero attached hydrogens (tertiary/aromatic N) is 1. The zero-order valence-electron chi connectivity index (χ0n) is 15.3. The lowest BCUT2D eigenvalue weighted by Gasteiger charge is -2.22. The van der Waals surface area contributed by atoms with Gasteiger partial charge in [0.15, 0.2) is 0 Å². The number of carbonyl (C=O) groups is 1. The van der Waals surface area contributed by atoms with Crippen LogP contribution in [0.25, 0.3) is 10.9 Å². The number of amides is 1. The Morgan fingerprint density at radius 3 is 2.52 bits per heavy atom. The van der Waals surface area contributed by atoms with Gasteiger partial charge in [0.25, 0.3) is 0 Å². The standard InChI is InChI=1S/C20H23N3O2.ClH.H2O/c1-25-17-8-6-15(7-9-17)14-23(20(24)12-21)11-10-16-13-22-19-5-3-2-4-18(16)19;;/h2-9,13,22H,10-12,14,21H2,1H3;1H;1H2. The molecule has 1 aromatic heterocycles. The number of methoxy groups -OCH3 is 1. The summed E-state index contributed by atoms with van der Waals surface area (Å²) >= 11 is 0. The summed E-state index contributed by atoms with van der Waals surface area (Å²) < 4.78 is 5.18. The maximum absolute atomic E-state index is 12.2. The largest absolute Gasteiger partial charge is 0.497 e. The quantitative estimate of drug-likeness (QED) is 0.645.